The average molecular weight is 344 g/mol. The van der Waals surface area contributed by atoms with Gasteiger partial charge in [0, 0.05) is 38.4 Å². The highest BCUT2D eigenvalue weighted by molar-refractivity contribution is 7.98. The molecule has 0 unspecified atom stereocenters. The first kappa shape index (κ1) is 14.8. The minimum absolute atomic E-state index is 0.296. The molecule has 1 aliphatic rings. The van der Waals surface area contributed by atoms with Gasteiger partial charge in [-0.05, 0) is 24.3 Å². The number of hydrogen-bond acceptors (Lipinski definition) is 4. The third-order valence-electron chi connectivity index (χ3n) is 3.74. The average Bonchev–Trinajstić information content (AvgIpc) is 2.59. The molecule has 116 valence electrons. The minimum Gasteiger partial charge on any atom is -0.467 e. The van der Waals surface area contributed by atoms with Crippen molar-refractivity contribution in [1.82, 2.24) is 4.98 Å². The normalized spacial score (nSPS) is 13.6. The maximum absolute atomic E-state index is 6.23. The molecule has 0 radical (unpaired) electrons. The molecular weight excluding hydrogens is 330 g/mol. The van der Waals surface area contributed by atoms with Crippen molar-refractivity contribution in [2.75, 3.05) is 6.79 Å². The lowest BCUT2D eigenvalue weighted by atomic mass is 10.1. The van der Waals surface area contributed by atoms with Gasteiger partial charge in [-0.15, -0.1) is 11.8 Å². The summed E-state index contributed by atoms with van der Waals surface area (Å²) in [6, 6.07) is 14.1. The first-order valence-corrected chi connectivity index (χ1v) is 8.66. The zero-order valence-electron chi connectivity index (χ0n) is 12.3. The monoisotopic (exact) mass is 343 g/mol. The lowest BCUT2D eigenvalue weighted by Crippen LogP contribution is -2.12. The number of rotatable bonds is 3. The van der Waals surface area contributed by atoms with Crippen molar-refractivity contribution in [3.05, 3.63) is 64.8 Å². The number of halogens is 1. The van der Waals surface area contributed by atoms with Crippen LogP contribution in [0.3, 0.4) is 0 Å². The van der Waals surface area contributed by atoms with E-state index >= 15 is 0 Å². The Hall–Kier alpha value is -1.75. The summed E-state index contributed by atoms with van der Waals surface area (Å²) in [5, 5.41) is 1.88. The van der Waals surface area contributed by atoms with Crippen molar-refractivity contribution >= 4 is 34.3 Å². The molecule has 0 amide bonds. The molecule has 0 saturated heterocycles. The Balaban J connectivity index is 1.65. The molecule has 4 rings (SSSR count). The molecule has 3 aromatic rings. The first-order valence-electron chi connectivity index (χ1n) is 7.29. The highest BCUT2D eigenvalue weighted by Crippen LogP contribution is 2.36. The van der Waals surface area contributed by atoms with Crippen molar-refractivity contribution in [1.29, 1.82) is 0 Å². The van der Waals surface area contributed by atoms with E-state index in [-0.39, 0.29) is 0 Å². The van der Waals surface area contributed by atoms with E-state index in [1.807, 2.05) is 42.6 Å². The second kappa shape index (κ2) is 6.40. The lowest BCUT2D eigenvalue weighted by Gasteiger charge is -2.21. The predicted octanol–water partition coefficient (Wildman–Crippen LogP) is 5.05. The van der Waals surface area contributed by atoms with Gasteiger partial charge in [0.15, 0.2) is 6.79 Å². The van der Waals surface area contributed by atoms with Gasteiger partial charge in [-0.25, -0.2) is 0 Å². The van der Waals surface area contributed by atoms with Crippen molar-refractivity contribution in [2.24, 2.45) is 0 Å². The number of fused-ring (bicyclic) bond motifs is 2. The van der Waals surface area contributed by atoms with E-state index in [0.29, 0.717) is 18.4 Å². The molecule has 0 atom stereocenters. The zero-order valence-corrected chi connectivity index (χ0v) is 13.9. The van der Waals surface area contributed by atoms with E-state index in [2.05, 4.69) is 11.1 Å². The summed E-state index contributed by atoms with van der Waals surface area (Å²) < 4.78 is 11.0. The molecule has 0 N–H and O–H groups in total. The number of thioether (sulfide) groups is 1. The molecule has 2 heterocycles. The molecule has 0 bridgehead atoms. The van der Waals surface area contributed by atoms with Gasteiger partial charge in [-0.2, -0.15) is 0 Å². The van der Waals surface area contributed by atoms with Crippen LogP contribution in [0.2, 0.25) is 5.02 Å². The van der Waals surface area contributed by atoms with E-state index in [4.69, 9.17) is 21.1 Å². The van der Waals surface area contributed by atoms with Crippen LogP contribution >= 0.6 is 23.4 Å². The van der Waals surface area contributed by atoms with Crippen LogP contribution < -0.4 is 4.74 Å². The maximum atomic E-state index is 6.23. The van der Waals surface area contributed by atoms with Crippen LogP contribution in [0.15, 0.2) is 53.6 Å². The second-order valence-corrected chi connectivity index (χ2v) is 6.73. The second-order valence-electron chi connectivity index (χ2n) is 5.28. The Morgan fingerprint density at radius 1 is 1.17 bits per heavy atom. The van der Waals surface area contributed by atoms with Crippen LogP contribution in [0.5, 0.6) is 5.75 Å². The Labute approximate surface area is 143 Å². The molecule has 23 heavy (non-hydrogen) atoms. The van der Waals surface area contributed by atoms with E-state index in [1.165, 1.54) is 10.3 Å². The third kappa shape index (κ3) is 3.02. The summed E-state index contributed by atoms with van der Waals surface area (Å²) in [7, 11) is 0. The summed E-state index contributed by atoms with van der Waals surface area (Å²) >= 11 is 7.99. The number of ether oxygens (including phenoxy) is 2. The molecular formula is C18H14ClNO2S. The number of aromatic nitrogens is 1. The topological polar surface area (TPSA) is 31.4 Å². The van der Waals surface area contributed by atoms with E-state index in [9.17, 15) is 0 Å². The Kier molecular flexibility index (Phi) is 4.12. The maximum Gasteiger partial charge on any atom is 0.189 e. The number of benzene rings is 2. The molecule has 0 fully saturated rings. The molecule has 3 nitrogen and oxygen atoms in total. The largest absolute Gasteiger partial charge is 0.467 e. The SMILES string of the molecule is Clc1cc2c(c(CSc3ccnc4ccccc34)c1)OCOC2. The fourth-order valence-corrected chi connectivity index (χ4v) is 3.99. The molecule has 0 saturated carbocycles. The number of pyridine rings is 1. The number of para-hydroxylation sites is 1. The van der Waals surface area contributed by atoms with Crippen molar-refractivity contribution in [3.63, 3.8) is 0 Å². The van der Waals surface area contributed by atoms with Gasteiger partial charge < -0.3 is 9.47 Å². The Morgan fingerprint density at radius 2 is 2.09 bits per heavy atom. The predicted molar refractivity (Wildman–Crippen MR) is 93.0 cm³/mol. The van der Waals surface area contributed by atoms with Crippen LogP contribution in [0, 0.1) is 0 Å². The lowest BCUT2D eigenvalue weighted by molar-refractivity contribution is -0.0168. The van der Waals surface area contributed by atoms with Gasteiger partial charge in [0.25, 0.3) is 0 Å². The van der Waals surface area contributed by atoms with E-state index in [0.717, 1.165) is 28.1 Å². The molecule has 0 aliphatic carbocycles. The van der Waals surface area contributed by atoms with Crippen molar-refractivity contribution < 1.29 is 9.47 Å². The van der Waals surface area contributed by atoms with Gasteiger partial charge in [0.05, 0.1) is 12.1 Å². The highest BCUT2D eigenvalue weighted by atomic mass is 35.5. The molecule has 1 aromatic heterocycles. The minimum atomic E-state index is 0.296. The van der Waals surface area contributed by atoms with Crippen LogP contribution in [0.4, 0.5) is 0 Å². The van der Waals surface area contributed by atoms with Crippen molar-refractivity contribution in [3.8, 4) is 5.75 Å². The van der Waals surface area contributed by atoms with Gasteiger partial charge in [0.1, 0.15) is 5.75 Å². The summed E-state index contributed by atoms with van der Waals surface area (Å²) in [5.74, 6) is 1.70. The number of hydrogen-bond donors (Lipinski definition) is 0. The first-order chi connectivity index (χ1) is 11.3. The number of nitrogens with zero attached hydrogens (tertiary/aromatic N) is 1. The van der Waals surface area contributed by atoms with Crippen molar-refractivity contribution in [2.45, 2.75) is 17.3 Å². The van der Waals surface area contributed by atoms with Crippen LogP contribution in [-0.4, -0.2) is 11.8 Å². The van der Waals surface area contributed by atoms with Gasteiger partial charge in [-0.1, -0.05) is 29.8 Å². The van der Waals surface area contributed by atoms with Gasteiger partial charge in [0.2, 0.25) is 0 Å². The van der Waals surface area contributed by atoms with E-state index < -0.39 is 0 Å². The molecule has 0 spiro atoms. The Morgan fingerprint density at radius 3 is 3.04 bits per heavy atom. The van der Waals surface area contributed by atoms with E-state index in [1.54, 1.807) is 11.8 Å². The summed E-state index contributed by atoms with van der Waals surface area (Å²) in [4.78, 5) is 5.61. The van der Waals surface area contributed by atoms with Crippen LogP contribution in [0.25, 0.3) is 10.9 Å². The summed E-state index contributed by atoms with van der Waals surface area (Å²) in [6.07, 6.45) is 1.85. The van der Waals surface area contributed by atoms with Gasteiger partial charge >= 0.3 is 0 Å². The quantitative estimate of drug-likeness (QED) is 0.623. The molecule has 1 aliphatic heterocycles. The third-order valence-corrected chi connectivity index (χ3v) is 5.08. The molecule has 5 heteroatoms. The fourth-order valence-electron chi connectivity index (χ4n) is 2.71. The smallest absolute Gasteiger partial charge is 0.189 e. The summed E-state index contributed by atoms with van der Waals surface area (Å²) in [6.45, 7) is 0.843. The zero-order chi connectivity index (χ0) is 15.6. The standard InChI is InChI=1S/C18H14ClNO2S/c19-14-7-12-9-21-11-22-18(12)13(8-14)10-23-17-5-6-20-16-4-2-1-3-15(16)17/h1-8H,9-11H2. The fraction of sp³-hybridized carbons (Fsp3) is 0.167. The molecule has 2 aromatic carbocycles. The van der Waals surface area contributed by atoms with Crippen LogP contribution in [0.1, 0.15) is 11.1 Å². The Bertz CT molecular complexity index is 864. The van der Waals surface area contributed by atoms with Crippen LogP contribution in [-0.2, 0) is 17.1 Å². The van der Waals surface area contributed by atoms with Gasteiger partial charge in [-0.3, -0.25) is 4.98 Å². The highest BCUT2D eigenvalue weighted by Gasteiger charge is 2.16. The summed E-state index contributed by atoms with van der Waals surface area (Å²) in [5.41, 5.74) is 3.12.